The Morgan fingerprint density at radius 2 is 2.24 bits per heavy atom. The van der Waals surface area contributed by atoms with Gasteiger partial charge in [-0.05, 0) is 31.9 Å². The monoisotopic (exact) mass is 286 g/mol. The topological polar surface area (TPSA) is 71.5 Å². The van der Waals surface area contributed by atoms with E-state index in [0.29, 0.717) is 11.6 Å². The molecule has 21 heavy (non-hydrogen) atoms. The third-order valence-electron chi connectivity index (χ3n) is 3.78. The number of carbonyl (C=O) groups is 1. The number of pyridine rings is 1. The third-order valence-corrected chi connectivity index (χ3v) is 3.78. The standard InChI is InChI=1S/C16H18N2O3/c1-10-8-11(6-7-21-10)17-14-9-15(16(19)20)18-13-5-3-2-4-12(13)14/h2-5,9-11H,6-8H2,1H3,(H,17,18)(H,19,20). The maximum Gasteiger partial charge on any atom is 0.354 e. The Morgan fingerprint density at radius 1 is 1.43 bits per heavy atom. The van der Waals surface area contributed by atoms with E-state index in [-0.39, 0.29) is 11.8 Å². The van der Waals surface area contributed by atoms with Crippen LogP contribution in [0.3, 0.4) is 0 Å². The van der Waals surface area contributed by atoms with Crippen LogP contribution in [0.5, 0.6) is 0 Å². The Hall–Kier alpha value is -2.14. The zero-order valence-electron chi connectivity index (χ0n) is 11.9. The molecule has 0 radical (unpaired) electrons. The van der Waals surface area contributed by atoms with Gasteiger partial charge in [0.1, 0.15) is 0 Å². The zero-order valence-corrected chi connectivity index (χ0v) is 11.9. The van der Waals surface area contributed by atoms with Crippen LogP contribution >= 0.6 is 0 Å². The lowest BCUT2D eigenvalue weighted by Crippen LogP contribution is -2.32. The van der Waals surface area contributed by atoms with Crippen molar-refractivity contribution in [3.63, 3.8) is 0 Å². The maximum atomic E-state index is 11.2. The molecule has 0 saturated carbocycles. The van der Waals surface area contributed by atoms with Gasteiger partial charge >= 0.3 is 5.97 Å². The molecule has 3 rings (SSSR count). The minimum Gasteiger partial charge on any atom is -0.477 e. The Morgan fingerprint density at radius 3 is 3.00 bits per heavy atom. The van der Waals surface area contributed by atoms with Crippen LogP contribution in [0.25, 0.3) is 10.9 Å². The largest absolute Gasteiger partial charge is 0.477 e. The first-order chi connectivity index (χ1) is 10.1. The van der Waals surface area contributed by atoms with Gasteiger partial charge in [0.2, 0.25) is 0 Å². The highest BCUT2D eigenvalue weighted by Gasteiger charge is 2.20. The lowest BCUT2D eigenvalue weighted by atomic mass is 10.0. The van der Waals surface area contributed by atoms with Gasteiger partial charge in [0, 0.05) is 23.7 Å². The second-order valence-electron chi connectivity index (χ2n) is 5.42. The molecule has 1 aromatic heterocycles. The van der Waals surface area contributed by atoms with Crippen molar-refractivity contribution >= 4 is 22.6 Å². The van der Waals surface area contributed by atoms with Crippen molar-refractivity contribution in [3.8, 4) is 0 Å². The SMILES string of the molecule is CC1CC(Nc2cc(C(=O)O)nc3ccccc23)CCO1. The van der Waals surface area contributed by atoms with Crippen molar-refractivity contribution < 1.29 is 14.6 Å². The second-order valence-corrected chi connectivity index (χ2v) is 5.42. The van der Waals surface area contributed by atoms with E-state index in [1.807, 2.05) is 24.3 Å². The molecule has 1 saturated heterocycles. The molecule has 5 nitrogen and oxygen atoms in total. The molecule has 2 aromatic rings. The Bertz CT molecular complexity index is 672. The summed E-state index contributed by atoms with van der Waals surface area (Å²) >= 11 is 0. The van der Waals surface area contributed by atoms with Crippen molar-refractivity contribution in [2.24, 2.45) is 0 Å². The van der Waals surface area contributed by atoms with Gasteiger partial charge in [-0.1, -0.05) is 18.2 Å². The average molecular weight is 286 g/mol. The molecule has 1 aliphatic rings. The summed E-state index contributed by atoms with van der Waals surface area (Å²) in [5.41, 5.74) is 1.59. The highest BCUT2D eigenvalue weighted by Crippen LogP contribution is 2.26. The third kappa shape index (κ3) is 2.97. The number of para-hydroxylation sites is 1. The Labute approximate surface area is 123 Å². The predicted molar refractivity (Wildman–Crippen MR) is 80.8 cm³/mol. The molecule has 2 unspecified atom stereocenters. The van der Waals surface area contributed by atoms with Crippen molar-refractivity contribution in [3.05, 3.63) is 36.0 Å². The number of aromatic carboxylic acids is 1. The minimum atomic E-state index is -1.01. The van der Waals surface area contributed by atoms with E-state index in [1.54, 1.807) is 6.07 Å². The van der Waals surface area contributed by atoms with E-state index in [0.717, 1.165) is 30.5 Å². The number of aromatic nitrogens is 1. The van der Waals surface area contributed by atoms with Crippen molar-refractivity contribution in [2.45, 2.75) is 31.9 Å². The highest BCUT2D eigenvalue weighted by molar-refractivity contribution is 5.97. The Balaban J connectivity index is 1.97. The number of rotatable bonds is 3. The average Bonchev–Trinajstić information content (AvgIpc) is 2.47. The molecule has 1 aliphatic heterocycles. The molecule has 2 heterocycles. The van der Waals surface area contributed by atoms with Crippen LogP contribution in [-0.4, -0.2) is 34.8 Å². The lowest BCUT2D eigenvalue weighted by molar-refractivity contribution is 0.0232. The molecule has 0 spiro atoms. The summed E-state index contributed by atoms with van der Waals surface area (Å²) in [5.74, 6) is -1.01. The van der Waals surface area contributed by atoms with Crippen molar-refractivity contribution in [1.82, 2.24) is 4.98 Å². The van der Waals surface area contributed by atoms with Crippen molar-refractivity contribution in [2.75, 3.05) is 11.9 Å². The minimum absolute atomic E-state index is 0.0660. The number of carboxylic acid groups (broad SMARTS) is 1. The lowest BCUT2D eigenvalue weighted by Gasteiger charge is -2.29. The molecule has 0 bridgehead atoms. The highest BCUT2D eigenvalue weighted by atomic mass is 16.5. The van der Waals surface area contributed by atoms with E-state index < -0.39 is 5.97 Å². The van der Waals surface area contributed by atoms with Gasteiger partial charge in [-0.25, -0.2) is 9.78 Å². The first-order valence-corrected chi connectivity index (χ1v) is 7.14. The Kier molecular flexibility index (Phi) is 3.75. The summed E-state index contributed by atoms with van der Waals surface area (Å²) in [6.07, 6.45) is 2.06. The predicted octanol–water partition coefficient (Wildman–Crippen LogP) is 2.91. The fourth-order valence-corrected chi connectivity index (χ4v) is 2.75. The van der Waals surface area contributed by atoms with E-state index in [1.165, 1.54) is 0 Å². The number of nitrogens with zero attached hydrogens (tertiary/aromatic N) is 1. The van der Waals surface area contributed by atoms with Crippen LogP contribution in [0.15, 0.2) is 30.3 Å². The van der Waals surface area contributed by atoms with E-state index in [2.05, 4.69) is 17.2 Å². The van der Waals surface area contributed by atoms with Crippen LogP contribution in [0.2, 0.25) is 0 Å². The molecule has 110 valence electrons. The summed E-state index contributed by atoms with van der Waals surface area (Å²) in [6, 6.07) is 9.49. The molecule has 2 atom stereocenters. The summed E-state index contributed by atoms with van der Waals surface area (Å²) in [7, 11) is 0. The molecular formula is C16H18N2O3. The first kappa shape index (κ1) is 13.8. The van der Waals surface area contributed by atoms with Crippen LogP contribution in [-0.2, 0) is 4.74 Å². The number of hydrogen-bond donors (Lipinski definition) is 2. The molecule has 2 N–H and O–H groups in total. The number of fused-ring (bicyclic) bond motifs is 1. The molecule has 5 heteroatoms. The van der Waals surface area contributed by atoms with Gasteiger partial charge in [0.25, 0.3) is 0 Å². The second kappa shape index (κ2) is 5.69. The van der Waals surface area contributed by atoms with Crippen LogP contribution in [0.1, 0.15) is 30.3 Å². The van der Waals surface area contributed by atoms with Gasteiger partial charge < -0.3 is 15.2 Å². The van der Waals surface area contributed by atoms with E-state index in [4.69, 9.17) is 4.74 Å². The number of ether oxygens (including phenoxy) is 1. The van der Waals surface area contributed by atoms with Crippen LogP contribution in [0.4, 0.5) is 5.69 Å². The fourth-order valence-electron chi connectivity index (χ4n) is 2.75. The van der Waals surface area contributed by atoms with Gasteiger partial charge in [-0.15, -0.1) is 0 Å². The number of benzene rings is 1. The molecular weight excluding hydrogens is 268 g/mol. The quantitative estimate of drug-likeness (QED) is 0.907. The fraction of sp³-hybridized carbons (Fsp3) is 0.375. The van der Waals surface area contributed by atoms with Crippen LogP contribution in [0, 0.1) is 0 Å². The first-order valence-electron chi connectivity index (χ1n) is 7.14. The summed E-state index contributed by atoms with van der Waals surface area (Å²) in [4.78, 5) is 15.4. The smallest absolute Gasteiger partial charge is 0.354 e. The van der Waals surface area contributed by atoms with E-state index >= 15 is 0 Å². The van der Waals surface area contributed by atoms with Gasteiger partial charge in [0.05, 0.1) is 11.6 Å². The normalized spacial score (nSPS) is 22.1. The number of anilines is 1. The maximum absolute atomic E-state index is 11.2. The number of hydrogen-bond acceptors (Lipinski definition) is 4. The molecule has 0 amide bonds. The number of nitrogens with one attached hydrogen (secondary N) is 1. The number of carboxylic acids is 1. The van der Waals surface area contributed by atoms with Gasteiger partial charge in [0.15, 0.2) is 5.69 Å². The summed E-state index contributed by atoms with van der Waals surface area (Å²) in [6.45, 7) is 2.79. The van der Waals surface area contributed by atoms with Gasteiger partial charge in [-0.2, -0.15) is 0 Å². The molecule has 1 aromatic carbocycles. The van der Waals surface area contributed by atoms with Crippen molar-refractivity contribution in [1.29, 1.82) is 0 Å². The van der Waals surface area contributed by atoms with Crippen LogP contribution < -0.4 is 5.32 Å². The van der Waals surface area contributed by atoms with Gasteiger partial charge in [-0.3, -0.25) is 0 Å². The zero-order chi connectivity index (χ0) is 14.8. The molecule has 0 aliphatic carbocycles. The summed E-state index contributed by atoms with van der Waals surface area (Å²) in [5, 5.41) is 13.6. The molecule has 1 fully saturated rings. The van der Waals surface area contributed by atoms with E-state index in [9.17, 15) is 9.90 Å². The summed E-state index contributed by atoms with van der Waals surface area (Å²) < 4.78 is 5.55.